The maximum atomic E-state index is 12.0. The summed E-state index contributed by atoms with van der Waals surface area (Å²) in [5.41, 5.74) is 0. The summed E-state index contributed by atoms with van der Waals surface area (Å²) < 4.78 is 0. The zero-order valence-electron chi connectivity index (χ0n) is 11.9. The third-order valence-electron chi connectivity index (χ3n) is 4.08. The smallest absolute Gasteiger partial charge is 0.244 e. The Morgan fingerprint density at radius 2 is 1.79 bits per heavy atom. The van der Waals surface area contributed by atoms with Gasteiger partial charge in [-0.2, -0.15) is 0 Å². The molecule has 5 nitrogen and oxygen atoms in total. The summed E-state index contributed by atoms with van der Waals surface area (Å²) in [6.45, 7) is 3.19. The zero-order valence-corrected chi connectivity index (χ0v) is 11.9. The highest BCUT2D eigenvalue weighted by atomic mass is 16.2. The minimum absolute atomic E-state index is 0.00535. The fraction of sp³-hybridized carbons (Fsp3) is 0.857. The Balaban J connectivity index is 1.75. The molecule has 5 heteroatoms. The molecule has 19 heavy (non-hydrogen) atoms. The van der Waals surface area contributed by atoms with Crippen molar-refractivity contribution in [2.75, 3.05) is 33.2 Å². The number of hydrogen-bond acceptors (Lipinski definition) is 3. The van der Waals surface area contributed by atoms with Crippen LogP contribution in [0.1, 0.15) is 38.5 Å². The van der Waals surface area contributed by atoms with Gasteiger partial charge in [-0.3, -0.25) is 14.5 Å². The molecule has 0 spiro atoms. The summed E-state index contributed by atoms with van der Waals surface area (Å²) in [4.78, 5) is 27.6. The van der Waals surface area contributed by atoms with Crippen LogP contribution in [-0.4, -0.2) is 60.9 Å². The van der Waals surface area contributed by atoms with Gasteiger partial charge in [0.2, 0.25) is 11.8 Å². The Labute approximate surface area is 115 Å². The first-order valence-electron chi connectivity index (χ1n) is 7.43. The number of amides is 2. The SMILES string of the molecule is CN1CC[C@H](NC(=O)CN2CCCCCCC2)C1=O. The van der Waals surface area contributed by atoms with E-state index in [1.807, 2.05) is 0 Å². The van der Waals surface area contributed by atoms with Crippen LogP contribution in [0, 0.1) is 0 Å². The van der Waals surface area contributed by atoms with Crippen molar-refractivity contribution in [3.63, 3.8) is 0 Å². The molecular formula is C14H25N3O2. The van der Waals surface area contributed by atoms with Crippen LogP contribution in [0.5, 0.6) is 0 Å². The zero-order chi connectivity index (χ0) is 13.7. The molecule has 0 aliphatic carbocycles. The van der Waals surface area contributed by atoms with Gasteiger partial charge in [0.1, 0.15) is 6.04 Å². The minimum Gasteiger partial charge on any atom is -0.344 e. The second-order valence-electron chi connectivity index (χ2n) is 5.71. The summed E-state index contributed by atoms with van der Waals surface area (Å²) >= 11 is 0. The molecule has 0 unspecified atom stereocenters. The highest BCUT2D eigenvalue weighted by molar-refractivity contribution is 5.89. The number of likely N-dealkylation sites (tertiary alicyclic amines) is 2. The average molecular weight is 267 g/mol. The van der Waals surface area contributed by atoms with E-state index in [9.17, 15) is 9.59 Å². The maximum absolute atomic E-state index is 12.0. The first-order chi connectivity index (χ1) is 9.16. The lowest BCUT2D eigenvalue weighted by Gasteiger charge is -2.24. The molecule has 2 fully saturated rings. The van der Waals surface area contributed by atoms with Crippen LogP contribution in [0.3, 0.4) is 0 Å². The second-order valence-corrected chi connectivity index (χ2v) is 5.71. The Morgan fingerprint density at radius 3 is 2.37 bits per heavy atom. The molecule has 2 aliphatic rings. The van der Waals surface area contributed by atoms with Crippen LogP contribution in [0.4, 0.5) is 0 Å². The number of carbonyl (C=O) groups excluding carboxylic acids is 2. The molecule has 2 amide bonds. The third kappa shape index (κ3) is 4.20. The fourth-order valence-electron chi connectivity index (χ4n) is 2.87. The Morgan fingerprint density at radius 1 is 1.16 bits per heavy atom. The van der Waals surface area contributed by atoms with Gasteiger partial charge in [-0.15, -0.1) is 0 Å². The molecule has 2 rings (SSSR count). The monoisotopic (exact) mass is 267 g/mol. The first-order valence-corrected chi connectivity index (χ1v) is 7.43. The molecule has 0 bridgehead atoms. The van der Waals surface area contributed by atoms with Gasteiger partial charge in [-0.05, 0) is 32.4 Å². The van der Waals surface area contributed by atoms with E-state index >= 15 is 0 Å². The largest absolute Gasteiger partial charge is 0.344 e. The molecule has 0 radical (unpaired) electrons. The number of rotatable bonds is 3. The molecule has 2 saturated heterocycles. The molecular weight excluding hydrogens is 242 g/mol. The predicted molar refractivity (Wildman–Crippen MR) is 73.7 cm³/mol. The van der Waals surface area contributed by atoms with E-state index in [0.29, 0.717) is 6.54 Å². The van der Waals surface area contributed by atoms with Crippen molar-refractivity contribution in [3.8, 4) is 0 Å². The summed E-state index contributed by atoms with van der Waals surface area (Å²) in [5.74, 6) is 0.0373. The van der Waals surface area contributed by atoms with Crippen molar-refractivity contribution in [2.24, 2.45) is 0 Å². The first kappa shape index (κ1) is 14.3. The number of hydrogen-bond donors (Lipinski definition) is 1. The quantitative estimate of drug-likeness (QED) is 0.814. The summed E-state index contributed by atoms with van der Waals surface area (Å²) in [6, 6.07) is -0.299. The highest BCUT2D eigenvalue weighted by Crippen LogP contribution is 2.11. The summed E-state index contributed by atoms with van der Waals surface area (Å²) in [6.07, 6.45) is 6.95. The molecule has 1 N–H and O–H groups in total. The maximum Gasteiger partial charge on any atom is 0.244 e. The van der Waals surface area contributed by atoms with Crippen molar-refractivity contribution >= 4 is 11.8 Å². The number of nitrogens with zero attached hydrogens (tertiary/aromatic N) is 2. The van der Waals surface area contributed by atoms with Crippen LogP contribution in [0.25, 0.3) is 0 Å². The molecule has 0 aromatic heterocycles. The van der Waals surface area contributed by atoms with E-state index in [4.69, 9.17) is 0 Å². The van der Waals surface area contributed by atoms with E-state index in [0.717, 1.165) is 26.1 Å². The predicted octanol–water partition coefficient (Wildman–Crippen LogP) is 0.599. The van der Waals surface area contributed by atoms with Crippen LogP contribution in [0.2, 0.25) is 0 Å². The van der Waals surface area contributed by atoms with E-state index in [1.54, 1.807) is 11.9 Å². The number of likely N-dealkylation sites (N-methyl/N-ethyl adjacent to an activating group) is 1. The number of carbonyl (C=O) groups is 2. The third-order valence-corrected chi connectivity index (χ3v) is 4.08. The van der Waals surface area contributed by atoms with Gasteiger partial charge in [-0.1, -0.05) is 19.3 Å². The molecule has 0 saturated carbocycles. The summed E-state index contributed by atoms with van der Waals surface area (Å²) in [7, 11) is 1.78. The van der Waals surface area contributed by atoms with Crippen LogP contribution in [0.15, 0.2) is 0 Å². The molecule has 108 valence electrons. The van der Waals surface area contributed by atoms with Gasteiger partial charge in [0, 0.05) is 13.6 Å². The second kappa shape index (κ2) is 6.89. The fourth-order valence-corrected chi connectivity index (χ4v) is 2.87. The standard InChI is InChI=1S/C14H25N3O2/c1-16-10-7-12(14(16)19)15-13(18)11-17-8-5-3-2-4-6-9-17/h12H,2-11H2,1H3,(H,15,18)/t12-/m0/s1. The molecule has 0 aromatic rings. The van der Waals surface area contributed by atoms with E-state index in [-0.39, 0.29) is 17.9 Å². The van der Waals surface area contributed by atoms with Gasteiger partial charge in [0.25, 0.3) is 0 Å². The van der Waals surface area contributed by atoms with E-state index < -0.39 is 0 Å². The van der Waals surface area contributed by atoms with Crippen molar-refractivity contribution in [1.82, 2.24) is 15.1 Å². The van der Waals surface area contributed by atoms with Crippen molar-refractivity contribution in [3.05, 3.63) is 0 Å². The molecule has 2 heterocycles. The highest BCUT2D eigenvalue weighted by Gasteiger charge is 2.30. The Kier molecular flexibility index (Phi) is 5.19. The van der Waals surface area contributed by atoms with Gasteiger partial charge in [0.15, 0.2) is 0 Å². The van der Waals surface area contributed by atoms with Gasteiger partial charge in [-0.25, -0.2) is 0 Å². The number of nitrogens with one attached hydrogen (secondary N) is 1. The van der Waals surface area contributed by atoms with Crippen molar-refractivity contribution in [2.45, 2.75) is 44.6 Å². The summed E-state index contributed by atoms with van der Waals surface area (Å²) in [5, 5.41) is 2.87. The van der Waals surface area contributed by atoms with Crippen LogP contribution in [-0.2, 0) is 9.59 Å². The lowest BCUT2D eigenvalue weighted by atomic mass is 10.1. The van der Waals surface area contributed by atoms with Gasteiger partial charge < -0.3 is 10.2 Å². The van der Waals surface area contributed by atoms with Crippen molar-refractivity contribution < 1.29 is 9.59 Å². The van der Waals surface area contributed by atoms with Gasteiger partial charge in [0.05, 0.1) is 6.54 Å². The average Bonchev–Trinajstić information content (AvgIpc) is 2.64. The normalized spacial score (nSPS) is 26.1. The van der Waals surface area contributed by atoms with Crippen molar-refractivity contribution in [1.29, 1.82) is 0 Å². The Bertz CT molecular complexity index is 325. The van der Waals surface area contributed by atoms with E-state index in [2.05, 4.69) is 10.2 Å². The van der Waals surface area contributed by atoms with Gasteiger partial charge >= 0.3 is 0 Å². The topological polar surface area (TPSA) is 52.7 Å². The lowest BCUT2D eigenvalue weighted by molar-refractivity contribution is -0.132. The molecule has 2 aliphatic heterocycles. The Hall–Kier alpha value is -1.10. The van der Waals surface area contributed by atoms with Crippen LogP contribution >= 0.6 is 0 Å². The molecule has 1 atom stereocenters. The molecule has 0 aromatic carbocycles. The minimum atomic E-state index is -0.299. The van der Waals surface area contributed by atoms with Crippen LogP contribution < -0.4 is 5.32 Å². The van der Waals surface area contributed by atoms with E-state index in [1.165, 1.54) is 32.1 Å². The lowest BCUT2D eigenvalue weighted by Crippen LogP contribution is -2.45.